The van der Waals surface area contributed by atoms with E-state index in [0.29, 0.717) is 6.61 Å². The van der Waals surface area contributed by atoms with Gasteiger partial charge in [-0.05, 0) is 69.4 Å². The zero-order valence-electron chi connectivity index (χ0n) is 18.0. The molecular formula is C24H33NO2. The summed E-state index contributed by atoms with van der Waals surface area (Å²) in [7, 11) is 4.17. The SMILES string of the molecule is CCOC(=O)/C=C(C)/C=C/C=C(C)/C=C/c1c(C)cc(C)c(N(C)C)c1C. The molecule has 1 aromatic carbocycles. The largest absolute Gasteiger partial charge is 0.463 e. The molecular weight excluding hydrogens is 334 g/mol. The molecule has 3 heteroatoms. The molecule has 0 saturated heterocycles. The van der Waals surface area contributed by atoms with Crippen LogP contribution in [0.15, 0.2) is 47.6 Å². The van der Waals surface area contributed by atoms with E-state index in [1.54, 1.807) is 6.92 Å². The van der Waals surface area contributed by atoms with Crippen LogP contribution in [0.1, 0.15) is 43.0 Å². The maximum atomic E-state index is 11.4. The fourth-order valence-electron chi connectivity index (χ4n) is 3.17. The maximum absolute atomic E-state index is 11.4. The lowest BCUT2D eigenvalue weighted by Crippen LogP contribution is -2.13. The summed E-state index contributed by atoms with van der Waals surface area (Å²) in [6.45, 7) is 12.6. The second-order valence-corrected chi connectivity index (χ2v) is 7.04. The van der Waals surface area contributed by atoms with Crippen LogP contribution in [0.4, 0.5) is 5.69 Å². The molecule has 0 radical (unpaired) electrons. The van der Waals surface area contributed by atoms with Gasteiger partial charge in [-0.1, -0.05) is 42.0 Å². The van der Waals surface area contributed by atoms with Crippen LogP contribution in [0.25, 0.3) is 6.08 Å². The van der Waals surface area contributed by atoms with Gasteiger partial charge in [-0.3, -0.25) is 0 Å². The molecule has 0 atom stereocenters. The second-order valence-electron chi connectivity index (χ2n) is 7.04. The molecule has 0 bridgehead atoms. The van der Waals surface area contributed by atoms with Crippen molar-refractivity contribution in [1.29, 1.82) is 0 Å². The number of hydrogen-bond acceptors (Lipinski definition) is 3. The first-order chi connectivity index (χ1) is 12.7. The van der Waals surface area contributed by atoms with E-state index < -0.39 is 0 Å². The number of carbonyl (C=O) groups is 1. The highest BCUT2D eigenvalue weighted by Gasteiger charge is 2.10. The first-order valence-corrected chi connectivity index (χ1v) is 9.33. The van der Waals surface area contributed by atoms with Gasteiger partial charge in [0.05, 0.1) is 6.61 Å². The summed E-state index contributed by atoms with van der Waals surface area (Å²) in [4.78, 5) is 13.6. The van der Waals surface area contributed by atoms with Gasteiger partial charge in [0, 0.05) is 25.9 Å². The monoisotopic (exact) mass is 367 g/mol. The molecule has 0 amide bonds. The Hall–Kier alpha value is -2.55. The molecule has 0 aliphatic carbocycles. The summed E-state index contributed by atoms with van der Waals surface area (Å²) in [5, 5.41) is 0. The smallest absolute Gasteiger partial charge is 0.330 e. The third-order valence-corrected chi connectivity index (χ3v) is 4.30. The van der Waals surface area contributed by atoms with Crippen LogP contribution in [0.3, 0.4) is 0 Å². The summed E-state index contributed by atoms with van der Waals surface area (Å²) in [5.41, 5.74) is 8.42. The number of hydrogen-bond donors (Lipinski definition) is 0. The number of benzene rings is 1. The minimum Gasteiger partial charge on any atom is -0.463 e. The third-order valence-electron chi connectivity index (χ3n) is 4.30. The van der Waals surface area contributed by atoms with Crippen molar-refractivity contribution in [3.63, 3.8) is 0 Å². The van der Waals surface area contributed by atoms with Crippen LogP contribution in [-0.2, 0) is 9.53 Å². The van der Waals surface area contributed by atoms with Gasteiger partial charge in [0.25, 0.3) is 0 Å². The normalized spacial score (nSPS) is 12.9. The summed E-state index contributed by atoms with van der Waals surface area (Å²) >= 11 is 0. The quantitative estimate of drug-likeness (QED) is 0.351. The average Bonchev–Trinajstić information content (AvgIpc) is 2.53. The van der Waals surface area contributed by atoms with Gasteiger partial charge in [0.1, 0.15) is 0 Å². The predicted octanol–water partition coefficient (Wildman–Crippen LogP) is 5.70. The van der Waals surface area contributed by atoms with E-state index in [1.165, 1.54) is 34.0 Å². The lowest BCUT2D eigenvalue weighted by atomic mass is 9.96. The van der Waals surface area contributed by atoms with Crippen LogP contribution in [0.5, 0.6) is 0 Å². The van der Waals surface area contributed by atoms with Crippen LogP contribution >= 0.6 is 0 Å². The van der Waals surface area contributed by atoms with Crippen LogP contribution < -0.4 is 4.90 Å². The molecule has 1 aromatic rings. The Balaban J connectivity index is 2.97. The lowest BCUT2D eigenvalue weighted by Gasteiger charge is -2.21. The van der Waals surface area contributed by atoms with Gasteiger partial charge in [0.15, 0.2) is 0 Å². The molecule has 0 unspecified atom stereocenters. The van der Waals surface area contributed by atoms with Crippen molar-refractivity contribution < 1.29 is 9.53 Å². The number of esters is 1. The molecule has 0 aliphatic heterocycles. The van der Waals surface area contributed by atoms with Crippen molar-refractivity contribution in [2.75, 3.05) is 25.6 Å². The zero-order valence-corrected chi connectivity index (χ0v) is 18.0. The van der Waals surface area contributed by atoms with Gasteiger partial charge in [0.2, 0.25) is 0 Å². The van der Waals surface area contributed by atoms with Crippen LogP contribution in [0.2, 0.25) is 0 Å². The number of nitrogens with zero attached hydrogens (tertiary/aromatic N) is 1. The predicted molar refractivity (Wildman–Crippen MR) is 117 cm³/mol. The fraction of sp³-hybridized carbons (Fsp3) is 0.375. The number of aryl methyl sites for hydroxylation is 2. The van der Waals surface area contributed by atoms with E-state index in [9.17, 15) is 4.79 Å². The Morgan fingerprint density at radius 1 is 1.07 bits per heavy atom. The minimum atomic E-state index is -0.303. The summed E-state index contributed by atoms with van der Waals surface area (Å²) in [5.74, 6) is -0.303. The highest BCUT2D eigenvalue weighted by molar-refractivity contribution is 5.83. The van der Waals surface area contributed by atoms with Crippen molar-refractivity contribution >= 4 is 17.7 Å². The topological polar surface area (TPSA) is 29.5 Å². The van der Waals surface area contributed by atoms with Crippen molar-refractivity contribution in [3.05, 3.63) is 69.8 Å². The highest BCUT2D eigenvalue weighted by atomic mass is 16.5. The maximum Gasteiger partial charge on any atom is 0.330 e. The van der Waals surface area contributed by atoms with Gasteiger partial charge in [-0.2, -0.15) is 0 Å². The van der Waals surface area contributed by atoms with Crippen molar-refractivity contribution in [1.82, 2.24) is 0 Å². The highest BCUT2D eigenvalue weighted by Crippen LogP contribution is 2.29. The van der Waals surface area contributed by atoms with Gasteiger partial charge in [-0.15, -0.1) is 0 Å². The average molecular weight is 368 g/mol. The van der Waals surface area contributed by atoms with Crippen molar-refractivity contribution in [2.45, 2.75) is 41.5 Å². The Morgan fingerprint density at radius 2 is 1.74 bits per heavy atom. The Morgan fingerprint density at radius 3 is 2.33 bits per heavy atom. The summed E-state index contributed by atoms with van der Waals surface area (Å²) < 4.78 is 4.91. The van der Waals surface area contributed by atoms with Crippen molar-refractivity contribution in [2.24, 2.45) is 0 Å². The molecule has 146 valence electrons. The summed E-state index contributed by atoms with van der Waals surface area (Å²) in [6.07, 6.45) is 11.7. The first-order valence-electron chi connectivity index (χ1n) is 9.33. The lowest BCUT2D eigenvalue weighted by molar-refractivity contribution is -0.137. The van der Waals surface area contributed by atoms with E-state index in [4.69, 9.17) is 4.74 Å². The van der Waals surface area contributed by atoms with Gasteiger partial charge < -0.3 is 9.64 Å². The number of ether oxygens (including phenoxy) is 1. The second kappa shape index (κ2) is 10.6. The van der Waals surface area contributed by atoms with Crippen LogP contribution in [0, 0.1) is 20.8 Å². The van der Waals surface area contributed by atoms with Crippen molar-refractivity contribution in [3.8, 4) is 0 Å². The van der Waals surface area contributed by atoms with Gasteiger partial charge >= 0.3 is 5.97 Å². The molecule has 0 heterocycles. The summed E-state index contributed by atoms with van der Waals surface area (Å²) in [6, 6.07) is 2.24. The molecule has 0 spiro atoms. The minimum absolute atomic E-state index is 0.303. The van der Waals surface area contributed by atoms with E-state index >= 15 is 0 Å². The Bertz CT molecular complexity index is 793. The van der Waals surface area contributed by atoms with E-state index in [2.05, 4.69) is 64.9 Å². The number of rotatable bonds is 7. The molecule has 3 nitrogen and oxygen atoms in total. The molecule has 27 heavy (non-hydrogen) atoms. The number of carbonyl (C=O) groups excluding carboxylic acids is 1. The number of anilines is 1. The Labute approximate surface area is 164 Å². The molecule has 0 saturated carbocycles. The standard InChI is InChI=1S/C24H33NO2/c1-9-27-23(26)15-18(3)12-10-11-17(2)13-14-22-19(4)16-20(5)24(21(22)6)25(7)8/h10-16H,9H2,1-8H3/b12-10+,14-13+,17-11+,18-15+. The molecule has 0 aliphatic rings. The number of allylic oxidation sites excluding steroid dienone is 6. The molecule has 0 N–H and O–H groups in total. The molecule has 1 rings (SSSR count). The van der Waals surface area contributed by atoms with E-state index in [0.717, 1.165) is 11.1 Å². The van der Waals surface area contributed by atoms with E-state index in [-0.39, 0.29) is 5.97 Å². The van der Waals surface area contributed by atoms with Gasteiger partial charge in [-0.25, -0.2) is 4.79 Å². The first kappa shape index (κ1) is 22.5. The Kier molecular flexibility index (Phi) is 8.80. The molecule has 0 aromatic heterocycles. The van der Waals surface area contributed by atoms with Crippen LogP contribution in [-0.4, -0.2) is 26.7 Å². The van der Waals surface area contributed by atoms with E-state index in [1.807, 2.05) is 25.2 Å². The zero-order chi connectivity index (χ0) is 20.6. The molecule has 0 fully saturated rings. The third kappa shape index (κ3) is 6.93. The fourth-order valence-corrected chi connectivity index (χ4v) is 3.17.